The third-order valence-corrected chi connectivity index (χ3v) is 2.51. The third kappa shape index (κ3) is 2.35. The van der Waals surface area contributed by atoms with E-state index in [-0.39, 0.29) is 5.97 Å². The molecule has 0 radical (unpaired) electrons. The van der Waals surface area contributed by atoms with E-state index in [1.165, 1.54) is 7.11 Å². The Morgan fingerprint density at radius 2 is 2.13 bits per heavy atom. The maximum Gasteiger partial charge on any atom is 0.317 e. The molecule has 3 nitrogen and oxygen atoms in total. The first-order valence-electron chi connectivity index (χ1n) is 5.07. The molecular formula is C12H17NO2. The van der Waals surface area contributed by atoms with Gasteiger partial charge in [-0.1, -0.05) is 13.0 Å². The van der Waals surface area contributed by atoms with Crippen LogP contribution < -0.4 is 0 Å². The molecule has 1 aromatic heterocycles. The molecule has 0 fully saturated rings. The van der Waals surface area contributed by atoms with Crippen LogP contribution in [0.2, 0.25) is 0 Å². The summed E-state index contributed by atoms with van der Waals surface area (Å²) in [4.78, 5) is 16.0. The highest BCUT2D eigenvalue weighted by molar-refractivity contribution is 5.81. The number of pyridine rings is 1. The second-order valence-electron chi connectivity index (χ2n) is 3.98. The topological polar surface area (TPSA) is 39.2 Å². The van der Waals surface area contributed by atoms with E-state index in [1.54, 1.807) is 0 Å². The number of hydrogen-bond donors (Lipinski definition) is 0. The molecule has 0 aliphatic carbocycles. The first-order valence-corrected chi connectivity index (χ1v) is 5.07. The SMILES string of the molecule is CCc1cccc(C(C)(C)C(=O)OC)n1. The molecule has 0 aromatic carbocycles. The molecule has 0 saturated heterocycles. The molecule has 1 aromatic rings. The number of nitrogens with zero attached hydrogens (tertiary/aromatic N) is 1. The van der Waals surface area contributed by atoms with Crippen LogP contribution in [0, 0.1) is 0 Å². The van der Waals surface area contributed by atoms with Gasteiger partial charge in [0, 0.05) is 5.69 Å². The van der Waals surface area contributed by atoms with Crippen LogP contribution in [0.1, 0.15) is 32.2 Å². The number of carbonyl (C=O) groups is 1. The molecule has 1 heterocycles. The molecule has 0 bridgehead atoms. The third-order valence-electron chi connectivity index (χ3n) is 2.51. The van der Waals surface area contributed by atoms with Gasteiger partial charge in [-0.3, -0.25) is 9.78 Å². The zero-order chi connectivity index (χ0) is 11.5. The van der Waals surface area contributed by atoms with Crippen molar-refractivity contribution in [1.82, 2.24) is 4.98 Å². The zero-order valence-electron chi connectivity index (χ0n) is 9.70. The van der Waals surface area contributed by atoms with Crippen molar-refractivity contribution in [2.75, 3.05) is 7.11 Å². The highest BCUT2D eigenvalue weighted by Gasteiger charge is 2.32. The number of rotatable bonds is 3. The van der Waals surface area contributed by atoms with Crippen LogP contribution in [0.3, 0.4) is 0 Å². The fourth-order valence-corrected chi connectivity index (χ4v) is 1.38. The van der Waals surface area contributed by atoms with E-state index in [0.29, 0.717) is 0 Å². The molecule has 0 unspecified atom stereocenters. The summed E-state index contributed by atoms with van der Waals surface area (Å²) in [5.74, 6) is -0.261. The molecule has 0 aliphatic heterocycles. The Bertz CT molecular complexity index is 358. The fourth-order valence-electron chi connectivity index (χ4n) is 1.38. The Labute approximate surface area is 90.5 Å². The monoisotopic (exact) mass is 207 g/mol. The first-order chi connectivity index (χ1) is 7.02. The molecule has 0 N–H and O–H groups in total. The van der Waals surface area contributed by atoms with Crippen molar-refractivity contribution < 1.29 is 9.53 Å². The van der Waals surface area contributed by atoms with Gasteiger partial charge in [0.2, 0.25) is 0 Å². The van der Waals surface area contributed by atoms with Crippen molar-refractivity contribution >= 4 is 5.97 Å². The first kappa shape index (κ1) is 11.7. The Morgan fingerprint density at radius 3 is 2.67 bits per heavy atom. The summed E-state index contributed by atoms with van der Waals surface area (Å²) in [5, 5.41) is 0. The summed E-state index contributed by atoms with van der Waals surface area (Å²) >= 11 is 0. The molecule has 3 heteroatoms. The van der Waals surface area contributed by atoms with Gasteiger partial charge in [0.25, 0.3) is 0 Å². The van der Waals surface area contributed by atoms with Gasteiger partial charge in [0.05, 0.1) is 12.8 Å². The zero-order valence-corrected chi connectivity index (χ0v) is 9.70. The van der Waals surface area contributed by atoms with Gasteiger partial charge in [-0.2, -0.15) is 0 Å². The number of ether oxygens (including phenoxy) is 1. The van der Waals surface area contributed by atoms with Gasteiger partial charge >= 0.3 is 5.97 Å². The summed E-state index contributed by atoms with van der Waals surface area (Å²) in [6.45, 7) is 5.68. The van der Waals surface area contributed by atoms with E-state index < -0.39 is 5.41 Å². The highest BCUT2D eigenvalue weighted by Crippen LogP contribution is 2.22. The van der Waals surface area contributed by atoms with E-state index in [1.807, 2.05) is 39.0 Å². The second kappa shape index (κ2) is 4.43. The fraction of sp³-hybridized carbons (Fsp3) is 0.500. The van der Waals surface area contributed by atoms with E-state index in [2.05, 4.69) is 4.98 Å². The van der Waals surface area contributed by atoms with E-state index >= 15 is 0 Å². The summed E-state index contributed by atoms with van der Waals surface area (Å²) in [5.41, 5.74) is 1.07. The van der Waals surface area contributed by atoms with E-state index in [9.17, 15) is 4.79 Å². The van der Waals surface area contributed by atoms with Crippen molar-refractivity contribution in [2.24, 2.45) is 0 Å². The standard InChI is InChI=1S/C12H17NO2/c1-5-9-7-6-8-10(13-9)12(2,3)11(14)15-4/h6-8H,5H2,1-4H3. The lowest BCUT2D eigenvalue weighted by Gasteiger charge is -2.21. The Morgan fingerprint density at radius 1 is 1.47 bits per heavy atom. The molecule has 0 saturated carbocycles. The Kier molecular flexibility index (Phi) is 3.45. The van der Waals surface area contributed by atoms with Crippen LogP contribution in [-0.4, -0.2) is 18.1 Å². The lowest BCUT2D eigenvalue weighted by molar-refractivity contribution is -0.146. The average molecular weight is 207 g/mol. The normalized spacial score (nSPS) is 11.2. The van der Waals surface area contributed by atoms with Gasteiger partial charge in [0.1, 0.15) is 5.41 Å². The van der Waals surface area contributed by atoms with Gasteiger partial charge in [-0.25, -0.2) is 0 Å². The maximum absolute atomic E-state index is 11.6. The van der Waals surface area contributed by atoms with Crippen LogP contribution in [0.15, 0.2) is 18.2 Å². The number of carbonyl (C=O) groups excluding carboxylic acids is 1. The molecule has 0 atom stereocenters. The largest absolute Gasteiger partial charge is 0.468 e. The van der Waals surface area contributed by atoms with Gasteiger partial charge in [-0.15, -0.1) is 0 Å². The summed E-state index contributed by atoms with van der Waals surface area (Å²) in [7, 11) is 1.40. The Hall–Kier alpha value is -1.38. The van der Waals surface area contributed by atoms with Crippen molar-refractivity contribution in [3.05, 3.63) is 29.6 Å². The molecule has 0 aliphatic rings. The minimum Gasteiger partial charge on any atom is -0.468 e. The van der Waals surface area contributed by atoms with Crippen molar-refractivity contribution in [3.8, 4) is 0 Å². The van der Waals surface area contributed by atoms with Crippen LogP contribution >= 0.6 is 0 Å². The second-order valence-corrected chi connectivity index (χ2v) is 3.98. The smallest absolute Gasteiger partial charge is 0.317 e. The summed E-state index contributed by atoms with van der Waals surface area (Å²) in [6, 6.07) is 5.73. The quantitative estimate of drug-likeness (QED) is 0.712. The number of hydrogen-bond acceptors (Lipinski definition) is 3. The average Bonchev–Trinajstić information content (AvgIpc) is 2.27. The maximum atomic E-state index is 11.6. The molecule has 0 amide bonds. The van der Waals surface area contributed by atoms with E-state index in [0.717, 1.165) is 17.8 Å². The van der Waals surface area contributed by atoms with Crippen LogP contribution in [0.5, 0.6) is 0 Å². The summed E-state index contributed by atoms with van der Waals surface area (Å²) < 4.78 is 4.76. The predicted molar refractivity (Wildman–Crippen MR) is 58.7 cm³/mol. The minimum atomic E-state index is -0.681. The Balaban J connectivity index is 3.09. The number of esters is 1. The van der Waals surface area contributed by atoms with Crippen LogP contribution in [-0.2, 0) is 21.4 Å². The molecule has 0 spiro atoms. The molecule has 82 valence electrons. The van der Waals surface area contributed by atoms with E-state index in [4.69, 9.17) is 4.74 Å². The lowest BCUT2D eigenvalue weighted by Crippen LogP contribution is -2.31. The van der Waals surface area contributed by atoms with Gasteiger partial charge in [0.15, 0.2) is 0 Å². The van der Waals surface area contributed by atoms with Crippen molar-refractivity contribution in [3.63, 3.8) is 0 Å². The highest BCUT2D eigenvalue weighted by atomic mass is 16.5. The number of aryl methyl sites for hydroxylation is 1. The number of aromatic nitrogens is 1. The lowest BCUT2D eigenvalue weighted by atomic mass is 9.89. The van der Waals surface area contributed by atoms with Gasteiger partial charge < -0.3 is 4.74 Å². The van der Waals surface area contributed by atoms with Crippen molar-refractivity contribution in [1.29, 1.82) is 0 Å². The van der Waals surface area contributed by atoms with Crippen LogP contribution in [0.4, 0.5) is 0 Å². The van der Waals surface area contributed by atoms with Crippen molar-refractivity contribution in [2.45, 2.75) is 32.6 Å². The van der Waals surface area contributed by atoms with Crippen LogP contribution in [0.25, 0.3) is 0 Å². The molecular weight excluding hydrogens is 190 g/mol. The number of methoxy groups -OCH3 is 1. The molecule has 15 heavy (non-hydrogen) atoms. The molecule has 1 rings (SSSR count). The summed E-state index contributed by atoms with van der Waals surface area (Å²) in [6.07, 6.45) is 0.866. The predicted octanol–water partition coefficient (Wildman–Crippen LogP) is 2.09. The van der Waals surface area contributed by atoms with Gasteiger partial charge in [-0.05, 0) is 32.4 Å². The minimum absolute atomic E-state index is 0.261.